The zero-order chi connectivity index (χ0) is 16.8. The number of aliphatic imine (C=N–C) groups is 1. The first kappa shape index (κ1) is 21.7. The number of hydrogen-bond donors (Lipinski definition) is 1. The summed E-state index contributed by atoms with van der Waals surface area (Å²) in [6.45, 7) is 12.2. The van der Waals surface area contributed by atoms with Crippen molar-refractivity contribution in [3.63, 3.8) is 0 Å². The minimum atomic E-state index is 0. The van der Waals surface area contributed by atoms with Gasteiger partial charge in [-0.25, -0.2) is 4.98 Å². The van der Waals surface area contributed by atoms with E-state index in [1.54, 1.807) is 0 Å². The van der Waals surface area contributed by atoms with E-state index in [-0.39, 0.29) is 24.0 Å². The SMILES string of the molecule is CCc1nc(CCNC(=NC)N2CCC(CC(C)C)C2)sc1C.I. The molecular weight excluding hydrogens is 431 g/mol. The molecule has 0 aromatic carbocycles. The first-order valence-electron chi connectivity index (χ1n) is 8.94. The van der Waals surface area contributed by atoms with Crippen molar-refractivity contribution >= 4 is 41.3 Å². The normalized spacial score (nSPS) is 18.2. The van der Waals surface area contributed by atoms with Crippen molar-refractivity contribution in [2.75, 3.05) is 26.7 Å². The summed E-state index contributed by atoms with van der Waals surface area (Å²) >= 11 is 1.83. The zero-order valence-electron chi connectivity index (χ0n) is 15.8. The average molecular weight is 464 g/mol. The summed E-state index contributed by atoms with van der Waals surface area (Å²) in [6, 6.07) is 0. The third-order valence-electron chi connectivity index (χ3n) is 4.50. The predicted octanol–water partition coefficient (Wildman–Crippen LogP) is 4.12. The fraction of sp³-hybridized carbons (Fsp3) is 0.778. The maximum Gasteiger partial charge on any atom is 0.193 e. The number of nitrogens with one attached hydrogen (secondary N) is 1. The van der Waals surface area contributed by atoms with Gasteiger partial charge in [0.05, 0.1) is 10.7 Å². The second-order valence-corrected chi connectivity index (χ2v) is 8.21. The monoisotopic (exact) mass is 464 g/mol. The Morgan fingerprint density at radius 2 is 2.21 bits per heavy atom. The topological polar surface area (TPSA) is 40.5 Å². The molecule has 1 aliphatic rings. The Morgan fingerprint density at radius 1 is 1.46 bits per heavy atom. The van der Waals surface area contributed by atoms with E-state index >= 15 is 0 Å². The standard InChI is InChI=1S/C18H32N4S.HI/c1-6-16-14(4)23-17(21-16)7-9-20-18(19-5)22-10-8-15(12-22)11-13(2)3;/h13,15H,6-12H2,1-5H3,(H,19,20);1H. The van der Waals surface area contributed by atoms with Crippen LogP contribution in [0.4, 0.5) is 0 Å². The van der Waals surface area contributed by atoms with Gasteiger partial charge in [-0.2, -0.15) is 0 Å². The molecule has 1 N–H and O–H groups in total. The summed E-state index contributed by atoms with van der Waals surface area (Å²) < 4.78 is 0. The van der Waals surface area contributed by atoms with Crippen molar-refractivity contribution in [1.29, 1.82) is 0 Å². The molecule has 0 radical (unpaired) electrons. The minimum Gasteiger partial charge on any atom is -0.356 e. The fourth-order valence-electron chi connectivity index (χ4n) is 3.42. The van der Waals surface area contributed by atoms with Gasteiger partial charge in [-0.1, -0.05) is 20.8 Å². The molecule has 24 heavy (non-hydrogen) atoms. The van der Waals surface area contributed by atoms with Crippen LogP contribution in [-0.4, -0.2) is 42.5 Å². The molecule has 1 fully saturated rings. The molecule has 0 spiro atoms. The summed E-state index contributed by atoms with van der Waals surface area (Å²) in [6.07, 6.45) is 4.63. The lowest BCUT2D eigenvalue weighted by atomic mass is 9.97. The van der Waals surface area contributed by atoms with Crippen LogP contribution in [0.25, 0.3) is 0 Å². The molecule has 4 nitrogen and oxygen atoms in total. The van der Waals surface area contributed by atoms with Crippen LogP contribution < -0.4 is 5.32 Å². The van der Waals surface area contributed by atoms with E-state index in [0.29, 0.717) is 0 Å². The van der Waals surface area contributed by atoms with E-state index in [1.165, 1.54) is 28.4 Å². The third-order valence-corrected chi connectivity index (χ3v) is 5.57. The van der Waals surface area contributed by atoms with Crippen LogP contribution in [-0.2, 0) is 12.8 Å². The first-order chi connectivity index (χ1) is 11.0. The molecule has 1 atom stereocenters. The van der Waals surface area contributed by atoms with Gasteiger partial charge in [0, 0.05) is 38.0 Å². The third kappa shape index (κ3) is 6.17. The first-order valence-corrected chi connectivity index (χ1v) is 9.75. The Hall–Kier alpha value is -0.370. The highest BCUT2D eigenvalue weighted by molar-refractivity contribution is 14.0. The number of guanidine groups is 1. The Labute approximate surface area is 168 Å². The molecule has 2 heterocycles. The van der Waals surface area contributed by atoms with Crippen molar-refractivity contribution in [2.45, 2.75) is 53.4 Å². The van der Waals surface area contributed by atoms with Crippen LogP contribution in [0.1, 0.15) is 49.2 Å². The quantitative estimate of drug-likeness (QED) is 0.391. The number of rotatable bonds is 6. The number of hydrogen-bond acceptors (Lipinski definition) is 3. The van der Waals surface area contributed by atoms with Crippen molar-refractivity contribution < 1.29 is 0 Å². The molecule has 0 saturated carbocycles. The smallest absolute Gasteiger partial charge is 0.193 e. The highest BCUT2D eigenvalue weighted by Gasteiger charge is 2.25. The molecule has 0 amide bonds. The van der Waals surface area contributed by atoms with Gasteiger partial charge >= 0.3 is 0 Å². The van der Waals surface area contributed by atoms with Gasteiger partial charge in [-0.05, 0) is 38.0 Å². The Balaban J connectivity index is 0.00000288. The zero-order valence-corrected chi connectivity index (χ0v) is 18.9. The van der Waals surface area contributed by atoms with Crippen molar-refractivity contribution in [1.82, 2.24) is 15.2 Å². The molecule has 1 saturated heterocycles. The molecular formula is C18H33IN4S. The molecule has 0 bridgehead atoms. The average Bonchev–Trinajstić information content (AvgIpc) is 3.09. The fourth-order valence-corrected chi connectivity index (χ4v) is 4.44. The van der Waals surface area contributed by atoms with Gasteiger partial charge in [0.2, 0.25) is 0 Å². The van der Waals surface area contributed by atoms with Gasteiger partial charge < -0.3 is 10.2 Å². The largest absolute Gasteiger partial charge is 0.356 e. The highest BCUT2D eigenvalue weighted by atomic mass is 127. The second-order valence-electron chi connectivity index (χ2n) is 6.92. The summed E-state index contributed by atoms with van der Waals surface area (Å²) in [4.78, 5) is 13.0. The number of nitrogens with zero attached hydrogens (tertiary/aromatic N) is 3. The molecule has 1 unspecified atom stereocenters. The Bertz CT molecular complexity index is 527. The number of aromatic nitrogens is 1. The van der Waals surface area contributed by atoms with Crippen molar-refractivity contribution in [3.05, 3.63) is 15.6 Å². The minimum absolute atomic E-state index is 0. The van der Waals surface area contributed by atoms with E-state index in [1.807, 2.05) is 18.4 Å². The lowest BCUT2D eigenvalue weighted by Crippen LogP contribution is -2.40. The van der Waals surface area contributed by atoms with Crippen LogP contribution in [0.3, 0.4) is 0 Å². The number of halogens is 1. The highest BCUT2D eigenvalue weighted by Crippen LogP contribution is 2.23. The van der Waals surface area contributed by atoms with E-state index in [2.05, 4.69) is 42.9 Å². The van der Waals surface area contributed by atoms with Crippen molar-refractivity contribution in [3.8, 4) is 0 Å². The Morgan fingerprint density at radius 3 is 2.79 bits per heavy atom. The van der Waals surface area contributed by atoms with Gasteiger partial charge in [0.25, 0.3) is 0 Å². The molecule has 6 heteroatoms. The summed E-state index contributed by atoms with van der Waals surface area (Å²) in [5.41, 5.74) is 1.26. The van der Waals surface area contributed by atoms with Gasteiger partial charge in [-0.15, -0.1) is 35.3 Å². The van der Waals surface area contributed by atoms with Gasteiger partial charge in [0.15, 0.2) is 5.96 Å². The van der Waals surface area contributed by atoms with Crippen molar-refractivity contribution in [2.24, 2.45) is 16.8 Å². The molecule has 138 valence electrons. The van der Waals surface area contributed by atoms with Crippen LogP contribution in [0.2, 0.25) is 0 Å². The number of thiazole rings is 1. The number of likely N-dealkylation sites (tertiary alicyclic amines) is 1. The summed E-state index contributed by atoms with van der Waals surface area (Å²) in [7, 11) is 1.89. The van der Waals surface area contributed by atoms with Gasteiger partial charge in [-0.3, -0.25) is 4.99 Å². The lowest BCUT2D eigenvalue weighted by molar-refractivity contribution is 0.404. The maximum atomic E-state index is 4.72. The summed E-state index contributed by atoms with van der Waals surface area (Å²) in [5.74, 6) is 2.67. The number of aryl methyl sites for hydroxylation is 2. The molecule has 2 rings (SSSR count). The van der Waals surface area contributed by atoms with Crippen LogP contribution >= 0.6 is 35.3 Å². The summed E-state index contributed by atoms with van der Waals surface area (Å²) in [5, 5.41) is 4.76. The van der Waals surface area contributed by atoms with Crippen LogP contribution in [0.15, 0.2) is 4.99 Å². The lowest BCUT2D eigenvalue weighted by Gasteiger charge is -2.22. The van der Waals surface area contributed by atoms with E-state index in [9.17, 15) is 0 Å². The van der Waals surface area contributed by atoms with E-state index < -0.39 is 0 Å². The second kappa shape index (κ2) is 10.6. The predicted molar refractivity (Wildman–Crippen MR) is 116 cm³/mol. The maximum absolute atomic E-state index is 4.72. The van der Waals surface area contributed by atoms with Crippen LogP contribution in [0, 0.1) is 18.8 Å². The molecule has 1 aliphatic heterocycles. The molecule has 0 aliphatic carbocycles. The molecule has 1 aromatic heterocycles. The van der Waals surface area contributed by atoms with E-state index in [0.717, 1.165) is 50.3 Å². The van der Waals surface area contributed by atoms with E-state index in [4.69, 9.17) is 4.98 Å². The van der Waals surface area contributed by atoms with Crippen LogP contribution in [0.5, 0.6) is 0 Å². The van der Waals surface area contributed by atoms with Gasteiger partial charge in [0.1, 0.15) is 0 Å². The molecule has 1 aromatic rings. The Kier molecular flexibility index (Phi) is 9.56.